The van der Waals surface area contributed by atoms with E-state index in [0.717, 1.165) is 19.3 Å². The summed E-state index contributed by atoms with van der Waals surface area (Å²) >= 11 is 0. The molecule has 1 amide bonds. The maximum Gasteiger partial charge on any atom is 0.251 e. The van der Waals surface area contributed by atoms with Crippen LogP contribution in [-0.4, -0.2) is 26.9 Å². The summed E-state index contributed by atoms with van der Waals surface area (Å²) in [6.07, 6.45) is 9.58. The number of aryl methyl sites for hydroxylation is 1. The second-order valence-corrected chi connectivity index (χ2v) is 4.89. The fourth-order valence-corrected chi connectivity index (χ4v) is 2.41. The summed E-state index contributed by atoms with van der Waals surface area (Å²) in [7, 11) is 0. The Kier molecular flexibility index (Phi) is 3.28. The monoisotopic (exact) mass is 269 g/mol. The molecule has 0 fully saturated rings. The molecule has 1 atom stereocenters. The van der Waals surface area contributed by atoms with E-state index in [1.165, 1.54) is 23.5 Å². The number of rotatable bonds is 3. The van der Waals surface area contributed by atoms with Crippen LogP contribution >= 0.6 is 0 Å². The van der Waals surface area contributed by atoms with Crippen molar-refractivity contribution in [2.24, 2.45) is 5.73 Å². The highest BCUT2D eigenvalue weighted by Crippen LogP contribution is 2.21. The van der Waals surface area contributed by atoms with Crippen molar-refractivity contribution in [3.8, 4) is 0 Å². The van der Waals surface area contributed by atoms with E-state index in [0.29, 0.717) is 17.6 Å². The molecule has 20 heavy (non-hydrogen) atoms. The van der Waals surface area contributed by atoms with E-state index < -0.39 is 5.91 Å². The zero-order chi connectivity index (χ0) is 13.9. The summed E-state index contributed by atoms with van der Waals surface area (Å²) in [6, 6.07) is 2.35. The number of nitrogens with two attached hydrogens (primary N) is 1. The number of nitrogens with one attached hydrogen (secondary N) is 1. The van der Waals surface area contributed by atoms with Crippen molar-refractivity contribution in [3.05, 3.63) is 47.5 Å². The van der Waals surface area contributed by atoms with Crippen molar-refractivity contribution in [2.45, 2.75) is 25.3 Å². The topological polar surface area (TPSA) is 93.8 Å². The van der Waals surface area contributed by atoms with Crippen LogP contribution in [0, 0.1) is 0 Å². The summed E-state index contributed by atoms with van der Waals surface area (Å²) in [5, 5.41) is 3.29. The molecule has 0 aromatic carbocycles. The molecule has 1 aliphatic rings. The number of aromatic nitrogens is 3. The third-order valence-corrected chi connectivity index (χ3v) is 3.50. The predicted molar refractivity (Wildman–Crippen MR) is 74.2 cm³/mol. The van der Waals surface area contributed by atoms with Gasteiger partial charge in [-0.2, -0.15) is 0 Å². The first-order valence-electron chi connectivity index (χ1n) is 6.52. The Labute approximate surface area is 116 Å². The van der Waals surface area contributed by atoms with Crippen molar-refractivity contribution < 1.29 is 4.79 Å². The van der Waals surface area contributed by atoms with E-state index in [4.69, 9.17) is 5.73 Å². The molecule has 0 bridgehead atoms. The first-order valence-corrected chi connectivity index (χ1v) is 6.52. The average molecular weight is 269 g/mol. The van der Waals surface area contributed by atoms with Crippen molar-refractivity contribution in [2.75, 3.05) is 5.32 Å². The number of pyridine rings is 1. The van der Waals surface area contributed by atoms with Gasteiger partial charge in [-0.15, -0.1) is 0 Å². The Morgan fingerprint density at radius 2 is 2.05 bits per heavy atom. The Hall–Kier alpha value is -2.50. The van der Waals surface area contributed by atoms with Gasteiger partial charge in [0.2, 0.25) is 5.95 Å². The fourth-order valence-electron chi connectivity index (χ4n) is 2.41. The van der Waals surface area contributed by atoms with E-state index in [2.05, 4.69) is 26.3 Å². The van der Waals surface area contributed by atoms with E-state index in [1.807, 2.05) is 12.4 Å². The highest BCUT2D eigenvalue weighted by Gasteiger charge is 2.19. The van der Waals surface area contributed by atoms with Crippen LogP contribution in [0.5, 0.6) is 0 Å². The van der Waals surface area contributed by atoms with Crippen LogP contribution in [0.3, 0.4) is 0 Å². The largest absolute Gasteiger partial charge is 0.366 e. The quantitative estimate of drug-likeness (QED) is 0.864. The minimum atomic E-state index is -0.518. The molecule has 6 nitrogen and oxygen atoms in total. The van der Waals surface area contributed by atoms with E-state index in [9.17, 15) is 4.79 Å². The Morgan fingerprint density at radius 1 is 1.25 bits per heavy atom. The van der Waals surface area contributed by atoms with Gasteiger partial charge in [-0.3, -0.25) is 9.78 Å². The predicted octanol–water partition coefficient (Wildman–Crippen LogP) is 0.940. The molecule has 0 saturated carbocycles. The third kappa shape index (κ3) is 2.59. The van der Waals surface area contributed by atoms with Crippen LogP contribution in [-0.2, 0) is 12.8 Å². The molecule has 1 unspecified atom stereocenters. The number of carbonyl (C=O) groups excluding carboxylic acids is 1. The first kappa shape index (κ1) is 12.5. The molecule has 1 aliphatic carbocycles. The van der Waals surface area contributed by atoms with Crippen molar-refractivity contribution in [1.82, 2.24) is 15.0 Å². The maximum absolute atomic E-state index is 11.0. The Bertz CT molecular complexity index is 626. The highest BCUT2D eigenvalue weighted by atomic mass is 16.1. The molecular formula is C14H15N5O. The number of nitrogens with zero attached hydrogens (tertiary/aromatic N) is 3. The van der Waals surface area contributed by atoms with Crippen molar-refractivity contribution >= 4 is 11.9 Å². The van der Waals surface area contributed by atoms with Gasteiger partial charge < -0.3 is 11.1 Å². The molecule has 3 N–H and O–H groups in total. The summed E-state index contributed by atoms with van der Waals surface area (Å²) in [4.78, 5) is 23.3. The van der Waals surface area contributed by atoms with Crippen LogP contribution in [0.15, 0.2) is 30.9 Å². The molecule has 3 rings (SSSR count). The normalized spacial score (nSPS) is 17.3. The van der Waals surface area contributed by atoms with Crippen LogP contribution < -0.4 is 11.1 Å². The van der Waals surface area contributed by atoms with Crippen LogP contribution in [0.1, 0.15) is 27.9 Å². The standard InChI is InChI=1S/C14H15N5O/c15-13(20)11-7-17-14(18-8-11)19-12-2-1-10-6-16-4-3-9(10)5-12/h3-4,6-8,12H,1-2,5H2,(H2,15,20)(H,17,18,19). The second-order valence-electron chi connectivity index (χ2n) is 4.89. The summed E-state index contributed by atoms with van der Waals surface area (Å²) in [5.41, 5.74) is 8.10. The van der Waals surface area contributed by atoms with Crippen LogP contribution in [0.25, 0.3) is 0 Å². The molecule has 0 radical (unpaired) electrons. The molecular weight excluding hydrogens is 254 g/mol. The van der Waals surface area contributed by atoms with Crippen molar-refractivity contribution in [3.63, 3.8) is 0 Å². The lowest BCUT2D eigenvalue weighted by molar-refractivity contribution is 0.0999. The summed E-state index contributed by atoms with van der Waals surface area (Å²) in [6.45, 7) is 0. The van der Waals surface area contributed by atoms with Gasteiger partial charge in [0.15, 0.2) is 0 Å². The van der Waals surface area contributed by atoms with E-state index >= 15 is 0 Å². The first-order chi connectivity index (χ1) is 9.72. The average Bonchev–Trinajstić information content (AvgIpc) is 2.48. The lowest BCUT2D eigenvalue weighted by Crippen LogP contribution is -2.28. The molecule has 0 spiro atoms. The maximum atomic E-state index is 11.0. The van der Waals surface area contributed by atoms with Crippen LogP contribution in [0.2, 0.25) is 0 Å². The Balaban J connectivity index is 1.69. The van der Waals surface area contributed by atoms with E-state index in [1.54, 1.807) is 0 Å². The lowest BCUT2D eigenvalue weighted by atomic mass is 9.90. The number of anilines is 1. The SMILES string of the molecule is NC(=O)c1cnc(NC2CCc3cnccc3C2)nc1. The number of fused-ring (bicyclic) bond motifs is 1. The number of hydrogen-bond donors (Lipinski definition) is 2. The molecule has 2 aromatic heterocycles. The molecule has 102 valence electrons. The van der Waals surface area contributed by atoms with Gasteiger partial charge in [0.05, 0.1) is 5.56 Å². The number of primary amides is 1. The highest BCUT2D eigenvalue weighted by molar-refractivity contribution is 5.92. The van der Waals surface area contributed by atoms with Gasteiger partial charge in [-0.1, -0.05) is 0 Å². The molecule has 2 heterocycles. The van der Waals surface area contributed by atoms with Gasteiger partial charge in [0.25, 0.3) is 5.91 Å². The van der Waals surface area contributed by atoms with Gasteiger partial charge >= 0.3 is 0 Å². The van der Waals surface area contributed by atoms with Gasteiger partial charge in [0, 0.05) is 30.8 Å². The van der Waals surface area contributed by atoms with E-state index in [-0.39, 0.29) is 0 Å². The lowest BCUT2D eigenvalue weighted by Gasteiger charge is -2.25. The van der Waals surface area contributed by atoms with Gasteiger partial charge in [-0.05, 0) is 36.5 Å². The molecule has 0 saturated heterocycles. The van der Waals surface area contributed by atoms with Crippen molar-refractivity contribution in [1.29, 1.82) is 0 Å². The summed E-state index contributed by atoms with van der Waals surface area (Å²) in [5.74, 6) is 0.00755. The smallest absolute Gasteiger partial charge is 0.251 e. The molecule has 2 aromatic rings. The second kappa shape index (κ2) is 5.24. The zero-order valence-corrected chi connectivity index (χ0v) is 10.9. The van der Waals surface area contributed by atoms with Gasteiger partial charge in [0.1, 0.15) is 0 Å². The number of carbonyl (C=O) groups is 1. The minimum Gasteiger partial charge on any atom is -0.366 e. The number of amides is 1. The summed E-state index contributed by atoms with van der Waals surface area (Å²) < 4.78 is 0. The molecule has 6 heteroatoms. The zero-order valence-electron chi connectivity index (χ0n) is 10.9. The van der Waals surface area contributed by atoms with Gasteiger partial charge in [-0.25, -0.2) is 9.97 Å². The fraction of sp³-hybridized carbons (Fsp3) is 0.286. The molecule has 0 aliphatic heterocycles. The Morgan fingerprint density at radius 3 is 2.80 bits per heavy atom. The minimum absolute atomic E-state index is 0.296. The third-order valence-electron chi connectivity index (χ3n) is 3.50. The number of hydrogen-bond acceptors (Lipinski definition) is 5. The van der Waals surface area contributed by atoms with Crippen LogP contribution in [0.4, 0.5) is 5.95 Å².